The quantitative estimate of drug-likeness (QED) is 0.612. The molecule has 2 aromatic rings. The van der Waals surface area contributed by atoms with E-state index in [0.717, 1.165) is 22.5 Å². The van der Waals surface area contributed by atoms with Crippen LogP contribution < -0.4 is 10.7 Å². The minimum absolute atomic E-state index is 0.0847. The molecule has 0 aliphatic heterocycles. The van der Waals surface area contributed by atoms with Crippen molar-refractivity contribution in [1.82, 2.24) is 5.43 Å². The molecule has 0 bridgehead atoms. The maximum Gasteiger partial charge on any atom is 0.240 e. The average Bonchev–Trinajstić information content (AvgIpc) is 2.61. The molecule has 5 heteroatoms. The third kappa shape index (κ3) is 5.84. The van der Waals surface area contributed by atoms with Gasteiger partial charge in [-0.05, 0) is 56.5 Å². The summed E-state index contributed by atoms with van der Waals surface area (Å²) >= 11 is 0. The highest BCUT2D eigenvalue weighted by atomic mass is 16.2. The molecule has 0 heterocycles. The summed E-state index contributed by atoms with van der Waals surface area (Å²) in [6.45, 7) is 7.86. The Morgan fingerprint density at radius 3 is 2.19 bits per heavy atom. The number of nitrogens with zero attached hydrogens (tertiary/aromatic N) is 1. The average molecular weight is 351 g/mol. The lowest BCUT2D eigenvalue weighted by atomic mass is 10.1. The van der Waals surface area contributed by atoms with E-state index in [2.05, 4.69) is 15.8 Å². The first kappa shape index (κ1) is 19.4. The van der Waals surface area contributed by atoms with Gasteiger partial charge in [0.1, 0.15) is 0 Å². The molecule has 2 amide bonds. The normalized spacial score (nSPS) is 11.2. The lowest BCUT2D eigenvalue weighted by molar-refractivity contribution is -0.124. The minimum atomic E-state index is -0.285. The van der Waals surface area contributed by atoms with E-state index >= 15 is 0 Å². The fourth-order valence-corrected chi connectivity index (χ4v) is 2.33. The zero-order valence-corrected chi connectivity index (χ0v) is 15.7. The van der Waals surface area contributed by atoms with Gasteiger partial charge in [-0.3, -0.25) is 9.59 Å². The lowest BCUT2D eigenvalue weighted by Gasteiger charge is -2.07. The van der Waals surface area contributed by atoms with E-state index in [1.807, 2.05) is 70.2 Å². The molecule has 26 heavy (non-hydrogen) atoms. The van der Waals surface area contributed by atoms with E-state index in [0.29, 0.717) is 0 Å². The fourth-order valence-electron chi connectivity index (χ4n) is 2.33. The van der Waals surface area contributed by atoms with Crippen molar-refractivity contribution in [2.45, 2.75) is 40.5 Å². The number of amides is 2. The number of anilines is 1. The summed E-state index contributed by atoms with van der Waals surface area (Å²) in [5, 5.41) is 6.90. The smallest absolute Gasteiger partial charge is 0.240 e. The maximum absolute atomic E-state index is 12.0. The number of rotatable bonds is 6. The Bertz CT molecular complexity index is 824. The highest BCUT2D eigenvalue weighted by Gasteiger charge is 2.08. The Kier molecular flexibility index (Phi) is 6.67. The molecule has 0 spiro atoms. The molecule has 5 nitrogen and oxygen atoms in total. The molecule has 0 unspecified atom stereocenters. The van der Waals surface area contributed by atoms with Crippen LogP contribution in [0.25, 0.3) is 0 Å². The second-order valence-corrected chi connectivity index (χ2v) is 6.45. The van der Waals surface area contributed by atoms with Crippen molar-refractivity contribution < 1.29 is 9.59 Å². The molecule has 0 atom stereocenters. The van der Waals surface area contributed by atoms with Gasteiger partial charge in [-0.25, -0.2) is 5.43 Å². The van der Waals surface area contributed by atoms with Crippen molar-refractivity contribution in [2.75, 3.05) is 5.32 Å². The van der Waals surface area contributed by atoms with Crippen LogP contribution in [0.3, 0.4) is 0 Å². The monoisotopic (exact) mass is 351 g/mol. The third-order valence-electron chi connectivity index (χ3n) is 4.19. The van der Waals surface area contributed by atoms with Crippen LogP contribution in [0.4, 0.5) is 5.69 Å². The van der Waals surface area contributed by atoms with Gasteiger partial charge in [0.15, 0.2) is 0 Å². The number of carbonyl (C=O) groups is 2. The molecule has 2 N–H and O–H groups in total. The van der Waals surface area contributed by atoms with Crippen LogP contribution in [-0.2, 0) is 9.59 Å². The molecular formula is C21H25N3O2. The number of hydrazone groups is 1. The van der Waals surface area contributed by atoms with Gasteiger partial charge in [0.05, 0.1) is 5.71 Å². The summed E-state index contributed by atoms with van der Waals surface area (Å²) in [5.74, 6) is -0.477. The van der Waals surface area contributed by atoms with Crippen molar-refractivity contribution in [3.8, 4) is 0 Å². The largest absolute Gasteiger partial charge is 0.326 e. The molecule has 0 radical (unpaired) electrons. The van der Waals surface area contributed by atoms with Gasteiger partial charge in [0.2, 0.25) is 11.8 Å². The molecule has 2 rings (SSSR count). The maximum atomic E-state index is 12.0. The zero-order chi connectivity index (χ0) is 19.1. The topological polar surface area (TPSA) is 70.6 Å². The molecule has 2 aromatic carbocycles. The third-order valence-corrected chi connectivity index (χ3v) is 4.19. The van der Waals surface area contributed by atoms with Gasteiger partial charge in [-0.15, -0.1) is 0 Å². The zero-order valence-electron chi connectivity index (χ0n) is 15.7. The van der Waals surface area contributed by atoms with Crippen LogP contribution in [0, 0.1) is 20.8 Å². The number of benzene rings is 2. The SMILES string of the molecule is C/C(=N\NC(=O)CCC(=O)Nc1ccc(C)c(C)c1)c1ccc(C)cc1. The van der Waals surface area contributed by atoms with Crippen LogP contribution in [0.5, 0.6) is 0 Å². The molecular weight excluding hydrogens is 326 g/mol. The Morgan fingerprint density at radius 2 is 1.54 bits per heavy atom. The fraction of sp³-hybridized carbons (Fsp3) is 0.286. The molecule has 136 valence electrons. The van der Waals surface area contributed by atoms with Crippen molar-refractivity contribution in [2.24, 2.45) is 5.10 Å². The Labute approximate surface area is 154 Å². The number of hydrogen-bond donors (Lipinski definition) is 2. The van der Waals surface area contributed by atoms with E-state index in [1.54, 1.807) is 0 Å². The van der Waals surface area contributed by atoms with E-state index in [1.165, 1.54) is 11.1 Å². The summed E-state index contributed by atoms with van der Waals surface area (Å²) in [6.07, 6.45) is 0.194. The number of aryl methyl sites for hydroxylation is 3. The second-order valence-electron chi connectivity index (χ2n) is 6.45. The van der Waals surface area contributed by atoms with Gasteiger partial charge in [-0.2, -0.15) is 5.10 Å². The van der Waals surface area contributed by atoms with Crippen LogP contribution in [0.1, 0.15) is 42.0 Å². The highest BCUT2D eigenvalue weighted by Crippen LogP contribution is 2.14. The van der Waals surface area contributed by atoms with Crippen LogP contribution in [-0.4, -0.2) is 17.5 Å². The van der Waals surface area contributed by atoms with E-state index < -0.39 is 0 Å². The summed E-state index contributed by atoms with van der Waals surface area (Å²) in [4.78, 5) is 23.9. The predicted molar refractivity (Wildman–Crippen MR) is 105 cm³/mol. The first-order chi connectivity index (χ1) is 12.3. The molecule has 0 aliphatic rings. The van der Waals surface area contributed by atoms with Crippen molar-refractivity contribution in [3.63, 3.8) is 0 Å². The van der Waals surface area contributed by atoms with E-state index in [4.69, 9.17) is 0 Å². The summed E-state index contributed by atoms with van der Waals surface area (Å²) in [7, 11) is 0. The molecule has 0 saturated carbocycles. The van der Waals surface area contributed by atoms with Crippen LogP contribution in [0.15, 0.2) is 47.6 Å². The van der Waals surface area contributed by atoms with Crippen LogP contribution in [0.2, 0.25) is 0 Å². The Balaban J connectivity index is 1.80. The van der Waals surface area contributed by atoms with Crippen LogP contribution >= 0.6 is 0 Å². The summed E-state index contributed by atoms with van der Waals surface area (Å²) < 4.78 is 0. The molecule has 0 fully saturated rings. The minimum Gasteiger partial charge on any atom is -0.326 e. The Hall–Kier alpha value is -2.95. The van der Waals surface area contributed by atoms with Gasteiger partial charge >= 0.3 is 0 Å². The summed E-state index contributed by atoms with van der Waals surface area (Å²) in [5.41, 5.74) is 8.36. The summed E-state index contributed by atoms with van der Waals surface area (Å²) in [6, 6.07) is 13.6. The van der Waals surface area contributed by atoms with Gasteiger partial charge in [0, 0.05) is 18.5 Å². The van der Waals surface area contributed by atoms with Gasteiger partial charge < -0.3 is 5.32 Å². The number of nitrogens with one attached hydrogen (secondary N) is 2. The first-order valence-electron chi connectivity index (χ1n) is 8.62. The van der Waals surface area contributed by atoms with Crippen molar-refractivity contribution in [1.29, 1.82) is 0 Å². The second kappa shape index (κ2) is 8.94. The highest BCUT2D eigenvalue weighted by molar-refractivity contribution is 5.99. The number of carbonyl (C=O) groups excluding carboxylic acids is 2. The Morgan fingerprint density at radius 1 is 0.885 bits per heavy atom. The molecule has 0 aromatic heterocycles. The van der Waals surface area contributed by atoms with Crippen molar-refractivity contribution >= 4 is 23.2 Å². The molecule has 0 aliphatic carbocycles. The number of hydrogen-bond acceptors (Lipinski definition) is 3. The van der Waals surface area contributed by atoms with Crippen molar-refractivity contribution in [3.05, 3.63) is 64.7 Å². The first-order valence-corrected chi connectivity index (χ1v) is 8.62. The standard InChI is InChI=1S/C21H25N3O2/c1-14-5-8-18(9-6-14)17(4)23-24-21(26)12-11-20(25)22-19-10-7-15(2)16(3)13-19/h5-10,13H,11-12H2,1-4H3,(H,22,25)(H,24,26)/b23-17+. The van der Waals surface area contributed by atoms with Gasteiger partial charge in [-0.1, -0.05) is 35.9 Å². The lowest BCUT2D eigenvalue weighted by Crippen LogP contribution is -2.21. The van der Waals surface area contributed by atoms with Gasteiger partial charge in [0.25, 0.3) is 0 Å². The molecule has 0 saturated heterocycles. The van der Waals surface area contributed by atoms with E-state index in [-0.39, 0.29) is 24.7 Å². The van der Waals surface area contributed by atoms with E-state index in [9.17, 15) is 9.59 Å². The predicted octanol–water partition coefficient (Wildman–Crippen LogP) is 3.87.